The largest absolute Gasteiger partial charge is 0.455 e. The fourth-order valence-electron chi connectivity index (χ4n) is 2.78. The highest BCUT2D eigenvalue weighted by molar-refractivity contribution is 6.33. The summed E-state index contributed by atoms with van der Waals surface area (Å²) in [6.45, 7) is -0.643. The Labute approximate surface area is 169 Å². The number of rotatable bonds is 5. The van der Waals surface area contributed by atoms with Crippen molar-refractivity contribution >= 4 is 39.9 Å². The van der Waals surface area contributed by atoms with Gasteiger partial charge in [0.15, 0.2) is 6.61 Å². The zero-order valence-electron chi connectivity index (χ0n) is 14.9. The molecule has 0 atom stereocenters. The maximum Gasteiger partial charge on any atom is 0.416 e. The second-order valence-corrected chi connectivity index (χ2v) is 6.62. The molecule has 150 valence electrons. The van der Waals surface area contributed by atoms with Crippen molar-refractivity contribution in [3.05, 3.63) is 76.8 Å². The lowest BCUT2D eigenvalue weighted by Crippen LogP contribution is -2.22. The molecule has 0 aliphatic rings. The first kappa shape index (κ1) is 20.7. The van der Waals surface area contributed by atoms with Gasteiger partial charge in [-0.3, -0.25) is 9.59 Å². The summed E-state index contributed by atoms with van der Waals surface area (Å²) in [6.07, 6.45) is -4.62. The van der Waals surface area contributed by atoms with Gasteiger partial charge in [0.2, 0.25) is 0 Å². The summed E-state index contributed by atoms with van der Waals surface area (Å²) >= 11 is 5.83. The fraction of sp³-hybridized carbons (Fsp3) is 0.143. The van der Waals surface area contributed by atoms with E-state index in [1.807, 2.05) is 36.4 Å². The van der Waals surface area contributed by atoms with E-state index in [1.165, 1.54) is 0 Å². The third kappa shape index (κ3) is 5.26. The van der Waals surface area contributed by atoms with Gasteiger partial charge in [0.1, 0.15) is 0 Å². The number of nitrogens with one attached hydrogen (secondary N) is 1. The molecule has 0 aliphatic carbocycles. The average molecular weight is 422 g/mol. The molecule has 4 nitrogen and oxygen atoms in total. The van der Waals surface area contributed by atoms with Crippen LogP contribution in [0, 0.1) is 0 Å². The van der Waals surface area contributed by atoms with Crippen molar-refractivity contribution < 1.29 is 27.5 Å². The normalized spacial score (nSPS) is 11.3. The second-order valence-electron chi connectivity index (χ2n) is 6.22. The smallest absolute Gasteiger partial charge is 0.416 e. The molecule has 0 aliphatic heterocycles. The van der Waals surface area contributed by atoms with E-state index in [9.17, 15) is 22.8 Å². The van der Waals surface area contributed by atoms with Crippen molar-refractivity contribution in [1.82, 2.24) is 0 Å². The van der Waals surface area contributed by atoms with Crippen LogP contribution in [0.15, 0.2) is 60.7 Å². The molecule has 3 aromatic rings. The Morgan fingerprint density at radius 1 is 1.00 bits per heavy atom. The SMILES string of the molecule is O=C(COC(=O)Cc1cccc2ccccc12)Nc1cc(C(F)(F)F)ccc1Cl. The summed E-state index contributed by atoms with van der Waals surface area (Å²) < 4.78 is 43.3. The number of ether oxygens (including phenoxy) is 1. The molecule has 29 heavy (non-hydrogen) atoms. The molecule has 0 bridgehead atoms. The zero-order valence-corrected chi connectivity index (χ0v) is 15.7. The van der Waals surface area contributed by atoms with E-state index in [2.05, 4.69) is 5.32 Å². The van der Waals surface area contributed by atoms with Crippen LogP contribution in [0.1, 0.15) is 11.1 Å². The number of carbonyl (C=O) groups is 2. The van der Waals surface area contributed by atoms with Crippen LogP contribution in [0.2, 0.25) is 5.02 Å². The van der Waals surface area contributed by atoms with Crippen LogP contribution in [0.5, 0.6) is 0 Å². The monoisotopic (exact) mass is 421 g/mol. The third-order valence-electron chi connectivity index (χ3n) is 4.15. The van der Waals surface area contributed by atoms with Crippen LogP contribution in [0.4, 0.5) is 18.9 Å². The number of hydrogen-bond donors (Lipinski definition) is 1. The zero-order chi connectivity index (χ0) is 21.0. The second kappa shape index (κ2) is 8.53. The highest BCUT2D eigenvalue weighted by atomic mass is 35.5. The summed E-state index contributed by atoms with van der Waals surface area (Å²) in [5.41, 5.74) is -0.420. The third-order valence-corrected chi connectivity index (χ3v) is 4.48. The molecule has 0 saturated heterocycles. The van der Waals surface area contributed by atoms with Gasteiger partial charge >= 0.3 is 12.1 Å². The van der Waals surface area contributed by atoms with E-state index < -0.39 is 30.2 Å². The van der Waals surface area contributed by atoms with E-state index in [0.29, 0.717) is 0 Å². The van der Waals surface area contributed by atoms with Gasteiger partial charge in [-0.05, 0) is 34.5 Å². The lowest BCUT2D eigenvalue weighted by molar-refractivity contribution is -0.146. The molecule has 8 heteroatoms. The molecule has 0 radical (unpaired) electrons. The molecule has 0 fully saturated rings. The molecule has 0 aromatic heterocycles. The Bertz CT molecular complexity index is 1060. The van der Waals surface area contributed by atoms with Crippen molar-refractivity contribution in [3.63, 3.8) is 0 Å². The standard InChI is InChI=1S/C21H15ClF3NO3/c22-17-9-8-15(21(23,24)25)11-18(17)26-19(27)12-29-20(28)10-14-6-3-5-13-4-1-2-7-16(13)14/h1-9,11H,10,12H2,(H,26,27). The number of alkyl halides is 3. The predicted octanol–water partition coefficient (Wildman–Crippen LogP) is 5.24. The molecule has 0 saturated carbocycles. The van der Waals surface area contributed by atoms with Crippen molar-refractivity contribution in [1.29, 1.82) is 0 Å². The van der Waals surface area contributed by atoms with Crippen LogP contribution in [0.3, 0.4) is 0 Å². The number of amides is 1. The van der Waals surface area contributed by atoms with Gasteiger partial charge < -0.3 is 10.1 Å². The molecule has 3 rings (SSSR count). The number of carbonyl (C=O) groups excluding carboxylic acids is 2. The van der Waals surface area contributed by atoms with Gasteiger partial charge in [0.05, 0.1) is 22.7 Å². The van der Waals surface area contributed by atoms with Crippen molar-refractivity contribution in [2.75, 3.05) is 11.9 Å². The van der Waals surface area contributed by atoms with Gasteiger partial charge in [-0.1, -0.05) is 54.1 Å². The average Bonchev–Trinajstić information content (AvgIpc) is 2.67. The Morgan fingerprint density at radius 3 is 2.48 bits per heavy atom. The summed E-state index contributed by atoms with van der Waals surface area (Å²) in [7, 11) is 0. The summed E-state index contributed by atoms with van der Waals surface area (Å²) in [5, 5.41) is 4.02. The number of benzene rings is 3. The van der Waals surface area contributed by atoms with Gasteiger partial charge in [-0.2, -0.15) is 13.2 Å². The Morgan fingerprint density at radius 2 is 1.72 bits per heavy atom. The maximum atomic E-state index is 12.8. The van der Waals surface area contributed by atoms with Gasteiger partial charge in [-0.15, -0.1) is 0 Å². The molecular weight excluding hydrogens is 407 g/mol. The molecule has 0 spiro atoms. The van der Waals surface area contributed by atoms with Crippen LogP contribution < -0.4 is 5.32 Å². The molecule has 0 heterocycles. The lowest BCUT2D eigenvalue weighted by atomic mass is 10.0. The first-order chi connectivity index (χ1) is 13.7. The fourth-order valence-corrected chi connectivity index (χ4v) is 2.95. The first-order valence-corrected chi connectivity index (χ1v) is 8.91. The molecular formula is C21H15ClF3NO3. The van der Waals surface area contributed by atoms with E-state index >= 15 is 0 Å². The number of halogens is 4. The quantitative estimate of drug-likeness (QED) is 0.573. The topological polar surface area (TPSA) is 55.4 Å². The van der Waals surface area contributed by atoms with Crippen molar-refractivity contribution in [2.24, 2.45) is 0 Å². The van der Waals surface area contributed by atoms with Crippen molar-refractivity contribution in [2.45, 2.75) is 12.6 Å². The van der Waals surface area contributed by atoms with Crippen molar-refractivity contribution in [3.8, 4) is 0 Å². The molecule has 1 N–H and O–H groups in total. The Balaban J connectivity index is 1.60. The lowest BCUT2D eigenvalue weighted by Gasteiger charge is -2.12. The minimum absolute atomic E-state index is 0.0427. The Kier molecular flexibility index (Phi) is 6.08. The van der Waals surface area contributed by atoms with Crippen LogP contribution in [-0.2, 0) is 26.9 Å². The van der Waals surface area contributed by atoms with Gasteiger partial charge in [0.25, 0.3) is 5.91 Å². The highest BCUT2D eigenvalue weighted by Gasteiger charge is 2.31. The van der Waals surface area contributed by atoms with Crippen LogP contribution in [0.25, 0.3) is 10.8 Å². The van der Waals surface area contributed by atoms with Gasteiger partial charge in [-0.25, -0.2) is 0 Å². The summed E-state index contributed by atoms with van der Waals surface area (Å²) in [6, 6.07) is 15.6. The molecule has 1 amide bonds. The number of anilines is 1. The van der Waals surface area contributed by atoms with Gasteiger partial charge in [0, 0.05) is 0 Å². The number of fused-ring (bicyclic) bond motifs is 1. The maximum absolute atomic E-state index is 12.8. The summed E-state index contributed by atoms with van der Waals surface area (Å²) in [4.78, 5) is 24.1. The number of hydrogen-bond acceptors (Lipinski definition) is 3. The van der Waals surface area contributed by atoms with E-state index in [-0.39, 0.29) is 17.1 Å². The van der Waals surface area contributed by atoms with E-state index in [4.69, 9.17) is 16.3 Å². The molecule has 3 aromatic carbocycles. The Hall–Kier alpha value is -3.06. The minimum atomic E-state index is -4.57. The predicted molar refractivity (Wildman–Crippen MR) is 104 cm³/mol. The van der Waals surface area contributed by atoms with Crippen LogP contribution >= 0.6 is 11.6 Å². The molecule has 0 unspecified atom stereocenters. The number of esters is 1. The highest BCUT2D eigenvalue weighted by Crippen LogP contribution is 2.33. The minimum Gasteiger partial charge on any atom is -0.455 e. The van der Waals surface area contributed by atoms with E-state index in [1.54, 1.807) is 6.07 Å². The van der Waals surface area contributed by atoms with Crippen LogP contribution in [-0.4, -0.2) is 18.5 Å². The summed E-state index contributed by atoms with van der Waals surface area (Å²) in [5.74, 6) is -1.43. The first-order valence-electron chi connectivity index (χ1n) is 8.53. The van der Waals surface area contributed by atoms with E-state index in [0.717, 1.165) is 34.5 Å².